The van der Waals surface area contributed by atoms with Crippen LogP contribution in [0.1, 0.15) is 18.4 Å². The van der Waals surface area contributed by atoms with E-state index in [-0.39, 0.29) is 36.5 Å². The first-order valence-corrected chi connectivity index (χ1v) is 11.3. The van der Waals surface area contributed by atoms with Crippen LogP contribution in [-0.4, -0.2) is 67.1 Å². The maximum atomic E-state index is 11.7. The van der Waals surface area contributed by atoms with Crippen molar-refractivity contribution in [2.24, 2.45) is 10.7 Å². The summed E-state index contributed by atoms with van der Waals surface area (Å²) in [5, 5.41) is 5.98. The van der Waals surface area contributed by atoms with E-state index < -0.39 is 0 Å². The van der Waals surface area contributed by atoms with Crippen molar-refractivity contribution in [2.45, 2.75) is 25.3 Å². The number of carbonyl (C=O) groups excluding carboxylic acids is 1. The molecule has 10 heteroatoms. The lowest BCUT2D eigenvalue weighted by Gasteiger charge is -2.35. The first kappa shape index (κ1) is 23.6. The van der Waals surface area contributed by atoms with Gasteiger partial charge >= 0.3 is 0 Å². The normalized spacial score (nSPS) is 16.6. The highest BCUT2D eigenvalue weighted by Crippen LogP contribution is 2.19. The molecule has 1 amide bonds. The van der Waals surface area contributed by atoms with Crippen molar-refractivity contribution in [1.82, 2.24) is 15.2 Å². The Kier molecular flexibility index (Phi) is 8.76. The van der Waals surface area contributed by atoms with Gasteiger partial charge in [0.05, 0.1) is 0 Å². The number of nitrogens with zero attached hydrogens (tertiary/aromatic N) is 4. The quantitative estimate of drug-likeness (QED) is 0.294. The van der Waals surface area contributed by atoms with Crippen LogP contribution in [0.25, 0.3) is 0 Å². The Bertz CT molecular complexity index is 849. The molecule has 31 heavy (non-hydrogen) atoms. The molecule has 0 unspecified atom stereocenters. The second-order valence-corrected chi connectivity index (χ2v) is 8.43. The number of hydrogen-bond donors (Lipinski definition) is 2. The van der Waals surface area contributed by atoms with Gasteiger partial charge in [-0.2, -0.15) is 0 Å². The van der Waals surface area contributed by atoms with Crippen LogP contribution in [0.5, 0.6) is 5.75 Å². The van der Waals surface area contributed by atoms with Gasteiger partial charge in [0.2, 0.25) is 0 Å². The van der Waals surface area contributed by atoms with E-state index in [1.807, 2.05) is 35.8 Å². The number of halogens is 1. The molecule has 4 rings (SSSR count). The molecule has 8 nitrogen and oxygen atoms in total. The summed E-state index contributed by atoms with van der Waals surface area (Å²) in [5.41, 5.74) is 7.36. The second-order valence-electron chi connectivity index (χ2n) is 7.55. The second kappa shape index (κ2) is 11.5. The van der Waals surface area contributed by atoms with Gasteiger partial charge in [-0.05, 0) is 37.0 Å². The first-order chi connectivity index (χ1) is 14.7. The van der Waals surface area contributed by atoms with Crippen LogP contribution in [0.4, 0.5) is 5.13 Å². The highest BCUT2D eigenvalue weighted by Gasteiger charge is 2.23. The highest BCUT2D eigenvalue weighted by atomic mass is 127. The van der Waals surface area contributed by atoms with Gasteiger partial charge in [-0.1, -0.05) is 12.1 Å². The number of rotatable bonds is 8. The van der Waals surface area contributed by atoms with E-state index in [1.54, 1.807) is 11.3 Å². The fourth-order valence-corrected chi connectivity index (χ4v) is 3.99. The van der Waals surface area contributed by atoms with E-state index in [0.29, 0.717) is 24.3 Å². The average molecular weight is 556 g/mol. The van der Waals surface area contributed by atoms with Crippen LogP contribution in [0.2, 0.25) is 0 Å². The number of thiazole rings is 1. The molecular formula is C21H29IN6O2S. The van der Waals surface area contributed by atoms with E-state index in [2.05, 4.69) is 25.1 Å². The fourth-order valence-electron chi connectivity index (χ4n) is 3.30. The molecule has 1 aromatic carbocycles. The van der Waals surface area contributed by atoms with Gasteiger partial charge in [-0.25, -0.2) is 4.98 Å². The fraction of sp³-hybridized carbons (Fsp3) is 0.476. The van der Waals surface area contributed by atoms with Crippen LogP contribution >= 0.6 is 35.3 Å². The number of amides is 1. The molecule has 168 valence electrons. The molecule has 1 saturated heterocycles. The molecule has 2 aromatic rings. The van der Waals surface area contributed by atoms with Gasteiger partial charge in [0, 0.05) is 50.3 Å². The van der Waals surface area contributed by atoms with Crippen molar-refractivity contribution in [3.63, 3.8) is 0 Å². The zero-order valence-corrected chi connectivity index (χ0v) is 20.6. The van der Waals surface area contributed by atoms with Crippen molar-refractivity contribution < 1.29 is 9.53 Å². The Morgan fingerprint density at radius 1 is 1.23 bits per heavy atom. The highest BCUT2D eigenvalue weighted by molar-refractivity contribution is 14.0. The molecule has 0 radical (unpaired) electrons. The lowest BCUT2D eigenvalue weighted by Crippen LogP contribution is -2.51. The smallest absolute Gasteiger partial charge is 0.258 e. The number of anilines is 1. The summed E-state index contributed by atoms with van der Waals surface area (Å²) in [6.07, 6.45) is 4.81. The van der Waals surface area contributed by atoms with Crippen molar-refractivity contribution in [2.75, 3.05) is 44.2 Å². The number of aliphatic imine (C=N–C) groups is 1. The minimum atomic E-state index is -0.0566. The van der Waals surface area contributed by atoms with E-state index in [0.717, 1.165) is 56.1 Å². The Morgan fingerprint density at radius 3 is 2.61 bits per heavy atom. The number of nitrogens with one attached hydrogen (secondary N) is 1. The minimum absolute atomic E-state index is 0. The van der Waals surface area contributed by atoms with E-state index in [9.17, 15) is 4.79 Å². The van der Waals surface area contributed by atoms with Crippen LogP contribution in [0.3, 0.4) is 0 Å². The molecule has 1 aromatic heterocycles. The molecule has 0 atom stereocenters. The number of carbonyl (C=O) groups is 1. The Hall–Kier alpha value is -2.08. The van der Waals surface area contributed by atoms with E-state index in [1.165, 1.54) is 0 Å². The number of ether oxygens (including phenoxy) is 1. The third kappa shape index (κ3) is 7.23. The molecule has 0 bridgehead atoms. The maximum absolute atomic E-state index is 11.7. The summed E-state index contributed by atoms with van der Waals surface area (Å²) >= 11 is 1.67. The number of aromatic nitrogens is 1. The number of nitrogens with two attached hydrogens (primary N) is 1. The SMILES string of the molecule is I.NC(=NCCc1ccc(OCC(=O)NC2CC2)cc1)N1CCN(c2nccs2)CC1. The van der Waals surface area contributed by atoms with Gasteiger partial charge in [-0.15, -0.1) is 35.3 Å². The average Bonchev–Trinajstić information content (AvgIpc) is 3.41. The molecule has 1 aliphatic heterocycles. The predicted molar refractivity (Wildman–Crippen MR) is 135 cm³/mol. The van der Waals surface area contributed by atoms with Crippen LogP contribution < -0.4 is 20.7 Å². The molecule has 3 N–H and O–H groups in total. The van der Waals surface area contributed by atoms with Crippen molar-refractivity contribution >= 4 is 52.3 Å². The zero-order valence-electron chi connectivity index (χ0n) is 17.4. The standard InChI is InChI=1S/C21H28N6O2S.HI/c22-20(26-10-12-27(13-11-26)21-24-9-14-30-21)23-8-7-16-1-5-18(6-2-16)29-15-19(28)25-17-3-4-17;/h1-2,5-6,9,14,17H,3-4,7-8,10-13,15H2,(H2,22,23)(H,25,28);1H. The van der Waals surface area contributed by atoms with Gasteiger partial charge in [0.1, 0.15) is 5.75 Å². The van der Waals surface area contributed by atoms with E-state index >= 15 is 0 Å². The lowest BCUT2D eigenvalue weighted by atomic mass is 10.1. The zero-order chi connectivity index (χ0) is 20.8. The third-order valence-electron chi connectivity index (χ3n) is 5.20. The largest absolute Gasteiger partial charge is 0.484 e. The monoisotopic (exact) mass is 556 g/mol. The summed E-state index contributed by atoms with van der Waals surface area (Å²) in [4.78, 5) is 25.0. The van der Waals surface area contributed by atoms with Crippen LogP contribution in [0.15, 0.2) is 40.8 Å². The van der Waals surface area contributed by atoms with Gasteiger partial charge < -0.3 is 25.6 Å². The van der Waals surface area contributed by atoms with Crippen LogP contribution in [-0.2, 0) is 11.2 Å². The molecule has 2 aliphatic rings. The molecule has 1 aliphatic carbocycles. The van der Waals surface area contributed by atoms with Crippen molar-refractivity contribution in [3.05, 3.63) is 41.4 Å². The summed E-state index contributed by atoms with van der Waals surface area (Å²) in [6.45, 7) is 4.23. The van der Waals surface area contributed by atoms with Gasteiger partial charge in [0.15, 0.2) is 17.7 Å². The van der Waals surface area contributed by atoms with Crippen molar-refractivity contribution in [3.8, 4) is 5.75 Å². The number of guanidine groups is 1. The molecule has 2 heterocycles. The Morgan fingerprint density at radius 2 is 1.97 bits per heavy atom. The number of hydrogen-bond acceptors (Lipinski definition) is 6. The van der Waals surface area contributed by atoms with Crippen LogP contribution in [0, 0.1) is 0 Å². The summed E-state index contributed by atoms with van der Waals surface area (Å²) in [7, 11) is 0. The maximum Gasteiger partial charge on any atom is 0.258 e. The Labute approximate surface area is 203 Å². The molecule has 0 spiro atoms. The number of piperazine rings is 1. The van der Waals surface area contributed by atoms with E-state index in [4.69, 9.17) is 10.5 Å². The predicted octanol–water partition coefficient (Wildman–Crippen LogP) is 2.10. The summed E-state index contributed by atoms with van der Waals surface area (Å²) < 4.78 is 5.53. The molecule has 2 fully saturated rings. The van der Waals surface area contributed by atoms with Gasteiger partial charge in [-0.3, -0.25) is 9.79 Å². The van der Waals surface area contributed by atoms with Gasteiger partial charge in [0.25, 0.3) is 5.91 Å². The first-order valence-electron chi connectivity index (χ1n) is 10.4. The lowest BCUT2D eigenvalue weighted by molar-refractivity contribution is -0.123. The third-order valence-corrected chi connectivity index (χ3v) is 6.04. The molecular weight excluding hydrogens is 527 g/mol. The number of benzene rings is 1. The van der Waals surface area contributed by atoms with Crippen molar-refractivity contribution in [1.29, 1.82) is 0 Å². The minimum Gasteiger partial charge on any atom is -0.484 e. The summed E-state index contributed by atoms with van der Waals surface area (Å²) in [5.74, 6) is 1.25. The summed E-state index contributed by atoms with van der Waals surface area (Å²) in [6, 6.07) is 8.16. The molecule has 1 saturated carbocycles. The topological polar surface area (TPSA) is 96.1 Å². The Balaban J connectivity index is 0.00000272.